The summed E-state index contributed by atoms with van der Waals surface area (Å²) in [4.78, 5) is 10.9. The molecule has 4 heteroatoms. The first-order chi connectivity index (χ1) is 7.64. The molecule has 1 aliphatic heterocycles. The summed E-state index contributed by atoms with van der Waals surface area (Å²) < 4.78 is 10.1. The summed E-state index contributed by atoms with van der Waals surface area (Å²) >= 11 is 0. The zero-order valence-electron chi connectivity index (χ0n) is 9.45. The number of nitrogens with one attached hydrogen (secondary N) is 1. The van der Waals surface area contributed by atoms with Crippen molar-refractivity contribution in [1.82, 2.24) is 5.32 Å². The van der Waals surface area contributed by atoms with Gasteiger partial charge in [0.05, 0.1) is 7.11 Å². The molecule has 0 bridgehead atoms. The highest BCUT2D eigenvalue weighted by molar-refractivity contribution is 5.68. The highest BCUT2D eigenvalue weighted by Gasteiger charge is 2.32. The SMILES string of the molecule is COc1ccc(C2(C)CNC(=O)OC2)cc1. The Morgan fingerprint density at radius 2 is 2.06 bits per heavy atom. The lowest BCUT2D eigenvalue weighted by molar-refractivity contribution is 0.0929. The monoisotopic (exact) mass is 221 g/mol. The lowest BCUT2D eigenvalue weighted by Crippen LogP contribution is -2.48. The number of alkyl carbamates (subject to hydrolysis) is 1. The average molecular weight is 221 g/mol. The zero-order chi connectivity index (χ0) is 11.6. The van der Waals surface area contributed by atoms with E-state index in [1.807, 2.05) is 24.3 Å². The van der Waals surface area contributed by atoms with Gasteiger partial charge in [-0.1, -0.05) is 19.1 Å². The van der Waals surface area contributed by atoms with Gasteiger partial charge in [0, 0.05) is 12.0 Å². The van der Waals surface area contributed by atoms with Crippen LogP contribution in [-0.4, -0.2) is 26.4 Å². The Morgan fingerprint density at radius 1 is 1.38 bits per heavy atom. The quantitative estimate of drug-likeness (QED) is 0.826. The third kappa shape index (κ3) is 1.96. The summed E-state index contributed by atoms with van der Waals surface area (Å²) in [6.45, 7) is 3.07. The second kappa shape index (κ2) is 4.04. The Hall–Kier alpha value is -1.71. The lowest BCUT2D eigenvalue weighted by Gasteiger charge is -2.33. The predicted octanol–water partition coefficient (Wildman–Crippen LogP) is 1.69. The molecule has 0 spiro atoms. The number of hydrogen-bond acceptors (Lipinski definition) is 3. The Balaban J connectivity index is 2.19. The topological polar surface area (TPSA) is 47.6 Å². The summed E-state index contributed by atoms with van der Waals surface area (Å²) in [5, 5.41) is 2.71. The molecule has 4 nitrogen and oxygen atoms in total. The van der Waals surface area contributed by atoms with Gasteiger partial charge in [-0.05, 0) is 17.7 Å². The van der Waals surface area contributed by atoms with E-state index in [1.54, 1.807) is 7.11 Å². The number of rotatable bonds is 2. The molecule has 0 aliphatic carbocycles. The molecule has 0 radical (unpaired) electrons. The molecule has 16 heavy (non-hydrogen) atoms. The molecule has 1 fully saturated rings. The number of amides is 1. The molecular weight excluding hydrogens is 206 g/mol. The van der Waals surface area contributed by atoms with Gasteiger partial charge in [-0.15, -0.1) is 0 Å². The van der Waals surface area contributed by atoms with Crippen molar-refractivity contribution in [2.45, 2.75) is 12.3 Å². The van der Waals surface area contributed by atoms with Crippen molar-refractivity contribution in [3.05, 3.63) is 29.8 Å². The highest BCUT2D eigenvalue weighted by Crippen LogP contribution is 2.27. The van der Waals surface area contributed by atoms with Crippen molar-refractivity contribution in [2.75, 3.05) is 20.3 Å². The second-order valence-corrected chi connectivity index (χ2v) is 4.22. The van der Waals surface area contributed by atoms with Crippen LogP contribution in [0.1, 0.15) is 12.5 Å². The van der Waals surface area contributed by atoms with E-state index in [0.29, 0.717) is 13.2 Å². The van der Waals surface area contributed by atoms with Gasteiger partial charge >= 0.3 is 6.09 Å². The fourth-order valence-corrected chi connectivity index (χ4v) is 1.77. The first-order valence-corrected chi connectivity index (χ1v) is 5.19. The molecule has 1 aromatic rings. The fraction of sp³-hybridized carbons (Fsp3) is 0.417. The minimum absolute atomic E-state index is 0.166. The van der Waals surface area contributed by atoms with Gasteiger partial charge < -0.3 is 14.8 Å². The van der Waals surface area contributed by atoms with Gasteiger partial charge in [-0.25, -0.2) is 4.79 Å². The molecule has 1 aliphatic rings. The largest absolute Gasteiger partial charge is 0.497 e. The van der Waals surface area contributed by atoms with E-state index in [-0.39, 0.29) is 11.5 Å². The Morgan fingerprint density at radius 3 is 2.56 bits per heavy atom. The van der Waals surface area contributed by atoms with Crippen LogP contribution in [0.15, 0.2) is 24.3 Å². The summed E-state index contributed by atoms with van der Waals surface area (Å²) in [5.41, 5.74) is 0.966. The van der Waals surface area contributed by atoms with Crippen LogP contribution in [0.3, 0.4) is 0 Å². The number of benzene rings is 1. The van der Waals surface area contributed by atoms with Gasteiger partial charge in [-0.3, -0.25) is 0 Å². The molecule has 1 heterocycles. The second-order valence-electron chi connectivity index (χ2n) is 4.22. The van der Waals surface area contributed by atoms with Crippen molar-refractivity contribution in [2.24, 2.45) is 0 Å². The van der Waals surface area contributed by atoms with Gasteiger partial charge in [-0.2, -0.15) is 0 Å². The normalized spacial score (nSPS) is 24.5. The van der Waals surface area contributed by atoms with Crippen molar-refractivity contribution >= 4 is 6.09 Å². The number of ether oxygens (including phenoxy) is 2. The molecule has 1 N–H and O–H groups in total. The third-order valence-electron chi connectivity index (χ3n) is 2.93. The minimum Gasteiger partial charge on any atom is -0.497 e. The van der Waals surface area contributed by atoms with Crippen LogP contribution in [0.2, 0.25) is 0 Å². The standard InChI is InChI=1S/C12H15NO3/c1-12(7-13-11(14)16-8-12)9-3-5-10(15-2)6-4-9/h3-6H,7-8H2,1-2H3,(H,13,14). The lowest BCUT2D eigenvalue weighted by atomic mass is 9.82. The van der Waals surface area contributed by atoms with E-state index >= 15 is 0 Å². The van der Waals surface area contributed by atoms with Gasteiger partial charge in [0.2, 0.25) is 0 Å². The van der Waals surface area contributed by atoms with Crippen molar-refractivity contribution < 1.29 is 14.3 Å². The molecular formula is C12H15NO3. The van der Waals surface area contributed by atoms with Crippen LogP contribution in [-0.2, 0) is 10.2 Å². The van der Waals surface area contributed by atoms with E-state index < -0.39 is 0 Å². The van der Waals surface area contributed by atoms with Gasteiger partial charge in [0.1, 0.15) is 12.4 Å². The molecule has 2 rings (SSSR count). The Kier molecular flexibility index (Phi) is 2.73. The van der Waals surface area contributed by atoms with Crippen molar-refractivity contribution in [3.8, 4) is 5.75 Å². The maximum absolute atomic E-state index is 10.9. The first kappa shape index (κ1) is 10.8. The van der Waals surface area contributed by atoms with Crippen LogP contribution < -0.4 is 10.1 Å². The predicted molar refractivity (Wildman–Crippen MR) is 59.7 cm³/mol. The molecule has 86 valence electrons. The fourth-order valence-electron chi connectivity index (χ4n) is 1.77. The van der Waals surface area contributed by atoms with E-state index in [4.69, 9.17) is 9.47 Å². The third-order valence-corrected chi connectivity index (χ3v) is 2.93. The Bertz CT molecular complexity index is 376. The van der Waals surface area contributed by atoms with Crippen LogP contribution in [0, 0.1) is 0 Å². The van der Waals surface area contributed by atoms with E-state index in [0.717, 1.165) is 11.3 Å². The minimum atomic E-state index is -0.342. The molecule has 0 aromatic heterocycles. The van der Waals surface area contributed by atoms with Crippen LogP contribution in [0.4, 0.5) is 4.79 Å². The number of methoxy groups -OCH3 is 1. The summed E-state index contributed by atoms with van der Waals surface area (Å²) in [6.07, 6.45) is -0.342. The van der Waals surface area contributed by atoms with E-state index in [9.17, 15) is 4.79 Å². The Labute approximate surface area is 94.6 Å². The highest BCUT2D eigenvalue weighted by atomic mass is 16.6. The molecule has 1 amide bonds. The van der Waals surface area contributed by atoms with Crippen molar-refractivity contribution in [3.63, 3.8) is 0 Å². The maximum Gasteiger partial charge on any atom is 0.407 e. The number of carbonyl (C=O) groups is 1. The number of hydrogen-bond donors (Lipinski definition) is 1. The molecule has 1 saturated heterocycles. The number of cyclic esters (lactones) is 1. The molecule has 1 unspecified atom stereocenters. The van der Waals surface area contributed by atoms with Crippen LogP contribution in [0.5, 0.6) is 5.75 Å². The van der Waals surface area contributed by atoms with Crippen LogP contribution in [0.25, 0.3) is 0 Å². The van der Waals surface area contributed by atoms with Crippen molar-refractivity contribution in [1.29, 1.82) is 0 Å². The zero-order valence-corrected chi connectivity index (χ0v) is 9.45. The molecule has 1 aromatic carbocycles. The first-order valence-electron chi connectivity index (χ1n) is 5.19. The van der Waals surface area contributed by atoms with Gasteiger partial charge in [0.25, 0.3) is 0 Å². The summed E-state index contributed by atoms with van der Waals surface area (Å²) in [7, 11) is 1.64. The molecule has 1 atom stereocenters. The smallest absolute Gasteiger partial charge is 0.407 e. The number of carbonyl (C=O) groups excluding carboxylic acids is 1. The van der Waals surface area contributed by atoms with Crippen LogP contribution >= 0.6 is 0 Å². The summed E-state index contributed by atoms with van der Waals surface area (Å²) in [6, 6.07) is 7.83. The summed E-state index contributed by atoms with van der Waals surface area (Å²) in [5.74, 6) is 0.827. The molecule has 0 saturated carbocycles. The average Bonchev–Trinajstić information content (AvgIpc) is 2.33. The maximum atomic E-state index is 10.9. The van der Waals surface area contributed by atoms with E-state index in [2.05, 4.69) is 12.2 Å². The van der Waals surface area contributed by atoms with E-state index in [1.165, 1.54) is 0 Å². The van der Waals surface area contributed by atoms with Gasteiger partial charge in [0.15, 0.2) is 0 Å².